The number of para-hydroxylation sites is 3. The van der Waals surface area contributed by atoms with E-state index in [2.05, 4.69) is 106 Å². The van der Waals surface area contributed by atoms with Crippen molar-refractivity contribution in [3.8, 4) is 17.2 Å². The molecular formula is C66H74AgI3N5O12. The quantitative estimate of drug-likeness (QED) is 0.0104. The molecule has 467 valence electrons. The molecule has 0 aliphatic heterocycles. The van der Waals surface area contributed by atoms with Crippen molar-refractivity contribution >= 4 is 118 Å². The number of hydrogen-bond donors (Lipinski definition) is 2. The van der Waals surface area contributed by atoms with Crippen LogP contribution in [0, 0.1) is 41.0 Å². The first-order valence-electron chi connectivity index (χ1n) is 28.1. The van der Waals surface area contributed by atoms with Crippen LogP contribution < -0.4 is 14.2 Å². The van der Waals surface area contributed by atoms with Crippen molar-refractivity contribution in [3.63, 3.8) is 0 Å². The van der Waals surface area contributed by atoms with Crippen LogP contribution in [0.4, 0.5) is 0 Å². The number of ether oxygens (including phenoxy) is 3. The van der Waals surface area contributed by atoms with Gasteiger partial charge >= 0.3 is 0 Å². The molecule has 0 atom stereocenters. The van der Waals surface area contributed by atoms with E-state index in [9.17, 15) is 24.5 Å². The van der Waals surface area contributed by atoms with Gasteiger partial charge in [-0.2, -0.15) is 0 Å². The molecule has 0 aliphatic rings. The Bertz CT molecular complexity index is 3620. The minimum absolute atomic E-state index is 0. The van der Waals surface area contributed by atoms with E-state index < -0.39 is 10.2 Å². The molecule has 9 aromatic rings. The molecule has 87 heavy (non-hydrogen) atoms. The van der Waals surface area contributed by atoms with Gasteiger partial charge in [0.2, 0.25) is 0 Å². The number of carbonyl (C=O) groups is 3. The van der Waals surface area contributed by atoms with Crippen LogP contribution in [0.3, 0.4) is 0 Å². The van der Waals surface area contributed by atoms with Crippen LogP contribution in [0.5, 0.6) is 17.2 Å². The molecule has 3 aromatic heterocycles. The molecule has 0 fully saturated rings. The van der Waals surface area contributed by atoms with Crippen molar-refractivity contribution < 1.29 is 71.2 Å². The number of aryl methyl sites for hydroxylation is 3. The number of rotatable bonds is 25. The summed E-state index contributed by atoms with van der Waals surface area (Å²) < 4.78 is 23.8. The zero-order valence-electron chi connectivity index (χ0n) is 49.6. The number of unbranched alkanes of at least 4 members (excludes halogenated alkanes) is 6. The van der Waals surface area contributed by atoms with Gasteiger partial charge in [0.1, 0.15) is 17.2 Å². The van der Waals surface area contributed by atoms with E-state index in [0.717, 1.165) is 105 Å². The van der Waals surface area contributed by atoms with Crippen molar-refractivity contribution in [2.75, 3.05) is 41.2 Å². The first kappa shape index (κ1) is 73.2. The Balaban J connectivity index is 0.000000258. The van der Waals surface area contributed by atoms with Gasteiger partial charge in [-0.1, -0.05) is 135 Å². The van der Waals surface area contributed by atoms with Crippen LogP contribution >= 0.6 is 67.8 Å². The van der Waals surface area contributed by atoms with Crippen LogP contribution in [0.25, 0.3) is 32.7 Å². The maximum Gasteiger partial charge on any atom is 0.294 e. The monoisotopic (exact) mass is 1620 g/mol. The maximum atomic E-state index is 13.2. The Kier molecular flexibility index (Phi) is 32.7. The Hall–Kier alpha value is -6.32. The van der Waals surface area contributed by atoms with Gasteiger partial charge in [-0.05, 0) is 170 Å². The fourth-order valence-electron chi connectivity index (χ4n) is 9.84. The third-order valence-corrected chi connectivity index (χ3v) is 16.4. The van der Waals surface area contributed by atoms with Crippen LogP contribution in [-0.2, 0) is 40.3 Å². The van der Waals surface area contributed by atoms with E-state index in [1.807, 2.05) is 98.8 Å². The van der Waals surface area contributed by atoms with Crippen molar-refractivity contribution in [3.05, 3.63) is 216 Å². The molecule has 0 aliphatic carbocycles. The average Bonchev–Trinajstić information content (AvgIpc) is 1.78. The van der Waals surface area contributed by atoms with Crippen LogP contribution in [0.1, 0.15) is 123 Å². The number of aromatic amines is 1. The molecule has 3 heterocycles. The Labute approximate surface area is 564 Å². The molecule has 17 nitrogen and oxygen atoms in total. The summed E-state index contributed by atoms with van der Waals surface area (Å²) in [6.07, 6.45) is 10.1. The van der Waals surface area contributed by atoms with Crippen LogP contribution in [-0.4, -0.2) is 88.1 Å². The summed E-state index contributed by atoms with van der Waals surface area (Å²) in [5.74, 6) is 2.31. The fraction of sp³-hybridized carbons (Fsp3) is 0.318. The zero-order chi connectivity index (χ0) is 62.5. The number of H-pyrrole nitrogens is 1. The molecule has 0 bridgehead atoms. The van der Waals surface area contributed by atoms with E-state index in [4.69, 9.17) is 29.5 Å². The third kappa shape index (κ3) is 21.5. The number of carbonyl (C=O) groups excluding carboxylic acids is 3. The van der Waals surface area contributed by atoms with Gasteiger partial charge in [0.25, 0.3) is 10.2 Å². The number of halogens is 3. The normalized spacial score (nSPS) is 10.4. The summed E-state index contributed by atoms with van der Waals surface area (Å²) in [4.78, 5) is 65.3. The summed E-state index contributed by atoms with van der Waals surface area (Å²) in [6.45, 7) is 7.76. The van der Waals surface area contributed by atoms with Crippen LogP contribution in [0.2, 0.25) is 0 Å². The summed E-state index contributed by atoms with van der Waals surface area (Å²) in [6, 6.07) is 45.7. The fourth-order valence-corrected chi connectivity index (χ4v) is 11.5. The molecule has 0 spiro atoms. The number of hydrogen-bond acceptors (Lipinski definition) is 11. The molecule has 1 radical (unpaired) electrons. The van der Waals surface area contributed by atoms with E-state index in [0.29, 0.717) is 34.4 Å². The molecule has 0 amide bonds. The first-order valence-corrected chi connectivity index (χ1v) is 32.7. The van der Waals surface area contributed by atoms with E-state index in [1.165, 1.54) is 45.4 Å². The summed E-state index contributed by atoms with van der Waals surface area (Å²) in [5, 5.41) is 26.0. The average molecular weight is 1620 g/mol. The van der Waals surface area contributed by atoms with Crippen molar-refractivity contribution in [1.82, 2.24) is 14.1 Å². The van der Waals surface area contributed by atoms with Gasteiger partial charge in [-0.25, -0.2) is 0 Å². The molecule has 2 N–H and O–H groups in total. The van der Waals surface area contributed by atoms with Gasteiger partial charge in [0.15, 0.2) is 17.3 Å². The van der Waals surface area contributed by atoms with E-state index >= 15 is 0 Å². The van der Waals surface area contributed by atoms with Crippen molar-refractivity contribution in [1.29, 1.82) is 0 Å². The minimum atomic E-state index is -1.50. The van der Waals surface area contributed by atoms with Gasteiger partial charge in [0, 0.05) is 102 Å². The first-order chi connectivity index (χ1) is 41.5. The summed E-state index contributed by atoms with van der Waals surface area (Å²) in [7, 11) is 4.84. The second-order valence-electron chi connectivity index (χ2n) is 19.6. The molecule has 6 aromatic carbocycles. The van der Waals surface area contributed by atoms with E-state index in [1.54, 1.807) is 69.9 Å². The topological polar surface area (TPSA) is 220 Å². The molecule has 0 saturated heterocycles. The molecule has 9 rings (SSSR count). The predicted octanol–water partition coefficient (Wildman–Crippen LogP) is 16.8. The number of fused-ring (bicyclic) bond motifs is 3. The minimum Gasteiger partial charge on any atom is -0.497 e. The molecule has 0 unspecified atom stereocenters. The third-order valence-electron chi connectivity index (χ3n) is 14.1. The standard InChI is InChI=1S/C22H24INO2.C22H24N2O5.C17H15NO2.C5H10I2.Ag.HNO3/c1-16-21(22(25)17-10-12-18(26-2)13-11-17)19-8-4-5-9-20(19)24(16)15-7-3-6-14-23;1-16-21(22(25)17-10-12-18(28-2)13-11-17)19-8-4-5-9-20(19)23(16)14-6-3-7-15-29-24(26)27;1-11-16(14-5-3-4-6-15(14)18-11)17(19)12-7-9-13(20-2)10-8-12;6-4-2-1-3-5-7;;2-1(3)4/h4-5,8-13H,3,6-7,14-15H2,1-2H3;4-5,8-13H,3,6-7,14-15H2,1-2H3;3-10,18H,1-2H3;1-5H2;;(H,2,3,4). The second kappa shape index (κ2) is 38.8. The second-order valence-corrected chi connectivity index (χ2v) is 22.9. The SMILES string of the molecule is COc1ccc(C(=O)c2c(C)[nH]c3ccccc23)cc1.COc1ccc(C(=O)c2c(C)n(CCCCCI)c3ccccc23)cc1.COc1ccc(C(=O)c2c(C)n(CCCCCO[N+](=O)[O-])c3ccccc23)cc1.ICCCCCI.O=[N+]([O-])O.[Ag]. The molecule has 0 saturated carbocycles. The van der Waals surface area contributed by atoms with Gasteiger partial charge in [-0.15, -0.1) is 20.2 Å². The van der Waals surface area contributed by atoms with Crippen molar-refractivity contribution in [2.24, 2.45) is 0 Å². The van der Waals surface area contributed by atoms with Gasteiger partial charge in [0.05, 0.1) is 44.6 Å². The number of alkyl halides is 3. The number of benzene rings is 6. The Morgan fingerprint density at radius 1 is 0.483 bits per heavy atom. The number of methoxy groups -OCH3 is 3. The van der Waals surface area contributed by atoms with Crippen LogP contribution in [0.15, 0.2) is 146 Å². The Morgan fingerprint density at radius 3 is 1.18 bits per heavy atom. The number of nitrogens with one attached hydrogen (secondary N) is 1. The zero-order valence-corrected chi connectivity index (χ0v) is 57.6. The van der Waals surface area contributed by atoms with Gasteiger partial charge in [-0.3, -0.25) is 14.4 Å². The largest absolute Gasteiger partial charge is 0.497 e. The van der Waals surface area contributed by atoms with Crippen molar-refractivity contribution in [2.45, 2.75) is 91.6 Å². The smallest absolute Gasteiger partial charge is 0.294 e. The molecule has 21 heteroatoms. The van der Waals surface area contributed by atoms with Gasteiger partial charge < -0.3 is 38.4 Å². The summed E-state index contributed by atoms with van der Waals surface area (Å²) in [5.41, 5.74) is 10.3. The molecular weight excluding hydrogens is 1540 g/mol. The maximum absolute atomic E-state index is 13.2. The summed E-state index contributed by atoms with van der Waals surface area (Å²) >= 11 is 7.28. The Morgan fingerprint density at radius 2 is 0.816 bits per heavy atom. The number of ketones is 3. The number of nitrogens with zero attached hydrogens (tertiary/aromatic N) is 4. The predicted molar refractivity (Wildman–Crippen MR) is 366 cm³/mol. The number of aromatic nitrogens is 3. The van der Waals surface area contributed by atoms with E-state index in [-0.39, 0.29) is 46.3 Å².